The van der Waals surface area contributed by atoms with Gasteiger partial charge in [-0.3, -0.25) is 4.79 Å². The minimum absolute atomic E-state index is 0.149. The highest BCUT2D eigenvalue weighted by atomic mass is 32.2. The van der Waals surface area contributed by atoms with Crippen molar-refractivity contribution < 1.29 is 18.0 Å². The molecule has 0 radical (unpaired) electrons. The number of H-pyrrole nitrogens is 1. The van der Waals surface area contributed by atoms with Crippen LogP contribution < -0.4 is 10.3 Å². The van der Waals surface area contributed by atoms with Gasteiger partial charge in [-0.2, -0.15) is 5.16 Å². The van der Waals surface area contributed by atoms with Crippen LogP contribution in [-0.4, -0.2) is 15.4 Å². The summed E-state index contributed by atoms with van der Waals surface area (Å²) in [5.74, 6) is -2.01. The molecular formula is C20H18F2N2O3S. The number of halogens is 2. The predicted octanol–water partition coefficient (Wildman–Crippen LogP) is 4.92. The molecule has 0 aliphatic heterocycles. The number of pyridine rings is 1. The standard InChI is InChI=1S/C20H18F2N2O3S/c21-16-8-12(9-17(22)19(16)26-11-13-10-18(25)24-27-13)15-6-3-7-23-20(15)28-14-4-1-2-5-14/h3,6-10,14H,1-2,4-5,11H2,(H,24,25). The molecule has 1 fully saturated rings. The highest BCUT2D eigenvalue weighted by Crippen LogP contribution is 2.39. The lowest BCUT2D eigenvalue weighted by atomic mass is 10.1. The molecule has 0 atom stereocenters. The van der Waals surface area contributed by atoms with Crippen molar-refractivity contribution in [2.24, 2.45) is 0 Å². The fourth-order valence-electron chi connectivity index (χ4n) is 3.26. The average molecular weight is 404 g/mol. The zero-order valence-electron chi connectivity index (χ0n) is 14.9. The molecule has 1 aliphatic rings. The maximum Gasteiger partial charge on any atom is 0.280 e. The third-order valence-corrected chi connectivity index (χ3v) is 5.95. The van der Waals surface area contributed by atoms with Gasteiger partial charge in [-0.15, -0.1) is 11.8 Å². The van der Waals surface area contributed by atoms with Crippen LogP contribution in [0.2, 0.25) is 0 Å². The minimum Gasteiger partial charge on any atom is -0.479 e. The molecule has 1 aliphatic carbocycles. The summed E-state index contributed by atoms with van der Waals surface area (Å²) in [5, 5.41) is 3.36. The van der Waals surface area contributed by atoms with Crippen LogP contribution in [0.5, 0.6) is 5.75 Å². The highest BCUT2D eigenvalue weighted by Gasteiger charge is 2.21. The molecule has 0 bridgehead atoms. The van der Waals surface area contributed by atoms with Gasteiger partial charge in [0.2, 0.25) is 0 Å². The summed E-state index contributed by atoms with van der Waals surface area (Å²) in [6.07, 6.45) is 6.36. The minimum atomic E-state index is -0.825. The lowest BCUT2D eigenvalue weighted by Gasteiger charge is -2.14. The SMILES string of the molecule is O=c1cc(COc2c(F)cc(-c3cccnc3SC3CCCC3)cc2F)o[nH]1. The Kier molecular flexibility index (Phi) is 5.47. The average Bonchev–Trinajstić information content (AvgIpc) is 3.33. The van der Waals surface area contributed by atoms with E-state index >= 15 is 0 Å². The number of ether oxygens (including phenoxy) is 1. The molecular weight excluding hydrogens is 386 g/mol. The van der Waals surface area contributed by atoms with Crippen molar-refractivity contribution in [3.05, 3.63) is 64.3 Å². The Bertz CT molecular complexity index is 1010. The van der Waals surface area contributed by atoms with Crippen LogP contribution in [-0.2, 0) is 6.61 Å². The molecule has 3 aromatic rings. The summed E-state index contributed by atoms with van der Waals surface area (Å²) in [4.78, 5) is 15.5. The smallest absolute Gasteiger partial charge is 0.280 e. The van der Waals surface area contributed by atoms with Gasteiger partial charge in [-0.05, 0) is 36.6 Å². The van der Waals surface area contributed by atoms with E-state index in [2.05, 4.69) is 10.1 Å². The Morgan fingerprint density at radius 3 is 2.64 bits per heavy atom. The van der Waals surface area contributed by atoms with Crippen LogP contribution in [0.15, 0.2) is 50.9 Å². The molecule has 5 nitrogen and oxygen atoms in total. The molecule has 2 heterocycles. The van der Waals surface area contributed by atoms with Gasteiger partial charge in [0, 0.05) is 17.0 Å². The van der Waals surface area contributed by atoms with Crippen molar-refractivity contribution in [2.45, 2.75) is 42.6 Å². The van der Waals surface area contributed by atoms with Crippen LogP contribution in [0, 0.1) is 11.6 Å². The fraction of sp³-hybridized carbons (Fsp3) is 0.300. The van der Waals surface area contributed by atoms with Crippen LogP contribution >= 0.6 is 11.8 Å². The van der Waals surface area contributed by atoms with Crippen molar-refractivity contribution in [1.82, 2.24) is 10.1 Å². The highest BCUT2D eigenvalue weighted by molar-refractivity contribution is 8.00. The summed E-state index contributed by atoms with van der Waals surface area (Å²) in [6.45, 7) is -0.262. The van der Waals surface area contributed by atoms with E-state index in [9.17, 15) is 13.6 Å². The molecule has 4 rings (SSSR count). The number of hydrogen-bond acceptors (Lipinski definition) is 5. The summed E-state index contributed by atoms with van der Waals surface area (Å²) >= 11 is 1.67. The third-order valence-electron chi connectivity index (χ3n) is 4.59. The summed E-state index contributed by atoms with van der Waals surface area (Å²) in [7, 11) is 0. The van der Waals surface area contributed by atoms with Crippen molar-refractivity contribution in [1.29, 1.82) is 0 Å². The molecule has 8 heteroatoms. The number of nitrogens with zero attached hydrogens (tertiary/aromatic N) is 1. The molecule has 146 valence electrons. The lowest BCUT2D eigenvalue weighted by molar-refractivity contribution is 0.230. The summed E-state index contributed by atoms with van der Waals surface area (Å²) < 4.78 is 39.1. The second-order valence-electron chi connectivity index (χ2n) is 6.62. The summed E-state index contributed by atoms with van der Waals surface area (Å²) in [6, 6.07) is 7.20. The summed E-state index contributed by atoms with van der Waals surface area (Å²) in [5.41, 5.74) is 0.656. The topological polar surface area (TPSA) is 68.1 Å². The first-order chi connectivity index (χ1) is 13.6. The Morgan fingerprint density at radius 1 is 1.21 bits per heavy atom. The monoisotopic (exact) mass is 404 g/mol. The number of aromatic amines is 1. The van der Waals surface area contributed by atoms with Crippen molar-refractivity contribution in [3.8, 4) is 16.9 Å². The Balaban J connectivity index is 1.58. The fourth-order valence-corrected chi connectivity index (χ4v) is 4.58. The van der Waals surface area contributed by atoms with Gasteiger partial charge in [-0.25, -0.2) is 13.8 Å². The second kappa shape index (κ2) is 8.18. The first-order valence-corrected chi connectivity index (χ1v) is 9.89. The zero-order valence-corrected chi connectivity index (χ0v) is 15.7. The van der Waals surface area contributed by atoms with Crippen LogP contribution in [0.4, 0.5) is 8.78 Å². The molecule has 1 aromatic carbocycles. The molecule has 0 amide bonds. The van der Waals surface area contributed by atoms with Crippen molar-refractivity contribution in [3.63, 3.8) is 0 Å². The maximum absolute atomic E-state index is 14.5. The second-order valence-corrected chi connectivity index (χ2v) is 7.91. The van der Waals surface area contributed by atoms with E-state index in [0.717, 1.165) is 23.9 Å². The van der Waals surface area contributed by atoms with Crippen LogP contribution in [0.25, 0.3) is 11.1 Å². The molecule has 1 saturated carbocycles. The quantitative estimate of drug-likeness (QED) is 0.631. The first-order valence-electron chi connectivity index (χ1n) is 9.01. The molecule has 0 saturated heterocycles. The molecule has 28 heavy (non-hydrogen) atoms. The Morgan fingerprint density at radius 2 is 1.96 bits per heavy atom. The van der Waals surface area contributed by atoms with E-state index in [4.69, 9.17) is 9.26 Å². The van der Waals surface area contributed by atoms with Gasteiger partial charge in [0.05, 0.1) is 6.07 Å². The molecule has 2 aromatic heterocycles. The number of thioether (sulfide) groups is 1. The normalized spacial score (nSPS) is 14.5. The molecule has 0 spiro atoms. The molecule has 1 N–H and O–H groups in total. The number of benzene rings is 1. The van der Waals surface area contributed by atoms with E-state index in [1.165, 1.54) is 25.0 Å². The van der Waals surface area contributed by atoms with Gasteiger partial charge >= 0.3 is 0 Å². The third kappa shape index (κ3) is 4.11. The molecule has 0 unspecified atom stereocenters. The van der Waals surface area contributed by atoms with E-state index in [1.807, 2.05) is 6.07 Å². The van der Waals surface area contributed by atoms with Gasteiger partial charge in [0.25, 0.3) is 5.56 Å². The number of aromatic nitrogens is 2. The number of rotatable bonds is 6. The van der Waals surface area contributed by atoms with Crippen LogP contribution in [0.3, 0.4) is 0 Å². The predicted molar refractivity (Wildman–Crippen MR) is 101 cm³/mol. The largest absolute Gasteiger partial charge is 0.479 e. The Hall–Kier alpha value is -2.61. The van der Waals surface area contributed by atoms with E-state index in [0.29, 0.717) is 16.4 Å². The van der Waals surface area contributed by atoms with Gasteiger partial charge in [0.1, 0.15) is 11.6 Å². The van der Waals surface area contributed by atoms with Gasteiger partial charge in [0.15, 0.2) is 23.1 Å². The number of hydrogen-bond donors (Lipinski definition) is 1. The van der Waals surface area contributed by atoms with Crippen molar-refractivity contribution in [2.75, 3.05) is 0 Å². The van der Waals surface area contributed by atoms with E-state index in [1.54, 1.807) is 24.0 Å². The van der Waals surface area contributed by atoms with Gasteiger partial charge in [-0.1, -0.05) is 18.9 Å². The first kappa shape index (κ1) is 18.7. The van der Waals surface area contributed by atoms with Crippen molar-refractivity contribution >= 4 is 11.8 Å². The number of nitrogens with one attached hydrogen (secondary N) is 1. The lowest BCUT2D eigenvalue weighted by Crippen LogP contribution is -2.01. The van der Waals surface area contributed by atoms with Crippen LogP contribution in [0.1, 0.15) is 31.4 Å². The Labute approximate surface area is 164 Å². The van der Waals surface area contributed by atoms with E-state index < -0.39 is 22.9 Å². The van der Waals surface area contributed by atoms with Gasteiger partial charge < -0.3 is 9.26 Å². The van der Waals surface area contributed by atoms with E-state index in [-0.39, 0.29) is 12.4 Å². The zero-order chi connectivity index (χ0) is 19.5. The maximum atomic E-state index is 14.5.